The maximum Gasteiger partial charge on any atom is 0.416 e. The number of hydrogen-bond acceptors (Lipinski definition) is 7. The van der Waals surface area contributed by atoms with Crippen LogP contribution in [0.25, 0.3) is 10.6 Å². The van der Waals surface area contributed by atoms with E-state index in [0.29, 0.717) is 60.5 Å². The quantitative estimate of drug-likeness (QED) is 0.137. The average molecular weight is 664 g/mol. The number of carboxylic acids is 1. The minimum atomic E-state index is -4.43. The molecule has 1 aliphatic rings. The van der Waals surface area contributed by atoms with Crippen LogP contribution in [-0.4, -0.2) is 53.2 Å². The fourth-order valence-corrected chi connectivity index (χ4v) is 7.05. The number of thiazole rings is 1. The molecule has 1 atom stereocenters. The molecular formula is C32H30F5N3O3S2. The molecule has 1 aliphatic heterocycles. The van der Waals surface area contributed by atoms with Crippen LogP contribution in [0.15, 0.2) is 65.6 Å². The minimum Gasteiger partial charge on any atom is -0.479 e. The molecule has 0 radical (unpaired) electrons. The van der Waals surface area contributed by atoms with Gasteiger partial charge >= 0.3 is 12.1 Å². The molecule has 0 aliphatic carbocycles. The highest BCUT2D eigenvalue weighted by Gasteiger charge is 2.30. The second kappa shape index (κ2) is 13.8. The predicted molar refractivity (Wildman–Crippen MR) is 165 cm³/mol. The number of aryl methyl sites for hydroxylation is 1. The van der Waals surface area contributed by atoms with Crippen molar-refractivity contribution in [1.29, 1.82) is 0 Å². The molecule has 4 aromatic rings. The Labute approximate surface area is 265 Å². The molecule has 13 heteroatoms. The highest BCUT2D eigenvalue weighted by atomic mass is 32.2. The van der Waals surface area contributed by atoms with Gasteiger partial charge < -0.3 is 14.7 Å². The zero-order valence-electron chi connectivity index (χ0n) is 24.4. The summed E-state index contributed by atoms with van der Waals surface area (Å²) in [4.78, 5) is 22.0. The number of piperazine rings is 1. The van der Waals surface area contributed by atoms with E-state index in [1.807, 2.05) is 24.0 Å². The van der Waals surface area contributed by atoms with Crippen LogP contribution in [0.3, 0.4) is 0 Å². The Morgan fingerprint density at radius 3 is 2.38 bits per heavy atom. The Bertz CT molecular complexity index is 1650. The van der Waals surface area contributed by atoms with Crippen molar-refractivity contribution >= 4 is 34.8 Å². The summed E-state index contributed by atoms with van der Waals surface area (Å²) < 4.78 is 72.7. The Hall–Kier alpha value is -3.68. The number of thioether (sulfide) groups is 1. The van der Waals surface area contributed by atoms with Crippen molar-refractivity contribution in [2.24, 2.45) is 0 Å². The maximum atomic E-state index is 14.3. The third-order valence-corrected chi connectivity index (χ3v) is 9.75. The van der Waals surface area contributed by atoms with Crippen molar-refractivity contribution in [3.63, 3.8) is 0 Å². The van der Waals surface area contributed by atoms with Crippen LogP contribution in [0.5, 0.6) is 5.75 Å². The summed E-state index contributed by atoms with van der Waals surface area (Å²) >= 11 is 2.99. The van der Waals surface area contributed by atoms with Gasteiger partial charge in [0.05, 0.1) is 16.9 Å². The molecule has 1 unspecified atom stereocenters. The van der Waals surface area contributed by atoms with Gasteiger partial charge in [0.1, 0.15) is 22.4 Å². The Morgan fingerprint density at radius 2 is 1.76 bits per heavy atom. The van der Waals surface area contributed by atoms with E-state index < -0.39 is 35.4 Å². The van der Waals surface area contributed by atoms with Gasteiger partial charge in [-0.3, -0.25) is 4.90 Å². The number of carbonyl (C=O) groups is 1. The SMILES string of the molecule is Cc1cc(SCc2sc(-c3ccc(C(F)(F)F)cc3)nc2CN2CCN(c3ccc(F)cc3F)CC2)ccc1OC(C)C(=O)O. The molecule has 0 bridgehead atoms. The molecule has 6 nitrogen and oxygen atoms in total. The van der Waals surface area contributed by atoms with E-state index in [4.69, 9.17) is 14.8 Å². The molecule has 238 valence electrons. The zero-order chi connectivity index (χ0) is 32.3. The number of aliphatic carboxylic acids is 1. The van der Waals surface area contributed by atoms with Crippen LogP contribution in [0.4, 0.5) is 27.6 Å². The maximum absolute atomic E-state index is 14.3. The summed E-state index contributed by atoms with van der Waals surface area (Å²) in [5.41, 5.74) is 1.83. The fraction of sp³-hybridized carbons (Fsp3) is 0.312. The van der Waals surface area contributed by atoms with E-state index in [0.717, 1.165) is 39.2 Å². The number of alkyl halides is 3. The van der Waals surface area contributed by atoms with Crippen molar-refractivity contribution < 1.29 is 36.6 Å². The Morgan fingerprint density at radius 1 is 1.04 bits per heavy atom. The first-order valence-corrected chi connectivity index (χ1v) is 15.9. The van der Waals surface area contributed by atoms with Gasteiger partial charge in [-0.05, 0) is 61.9 Å². The number of carboxylic acid groups (broad SMARTS) is 1. The number of ether oxygens (including phenoxy) is 1. The molecule has 1 fully saturated rings. The first-order chi connectivity index (χ1) is 21.4. The Balaban J connectivity index is 1.32. The van der Waals surface area contributed by atoms with Gasteiger partial charge in [0, 0.05) is 59.9 Å². The van der Waals surface area contributed by atoms with E-state index in [9.17, 15) is 26.7 Å². The third kappa shape index (κ3) is 8.13. The molecule has 0 amide bonds. The number of anilines is 1. The monoisotopic (exact) mass is 663 g/mol. The van der Waals surface area contributed by atoms with E-state index in [1.165, 1.54) is 42.5 Å². The van der Waals surface area contributed by atoms with Gasteiger partial charge in [-0.15, -0.1) is 23.1 Å². The largest absolute Gasteiger partial charge is 0.479 e. The summed E-state index contributed by atoms with van der Waals surface area (Å²) in [5, 5.41) is 9.76. The summed E-state index contributed by atoms with van der Waals surface area (Å²) in [7, 11) is 0. The van der Waals surface area contributed by atoms with E-state index in [-0.39, 0.29) is 0 Å². The van der Waals surface area contributed by atoms with Crippen LogP contribution in [0.1, 0.15) is 28.6 Å². The number of halogens is 5. The second-order valence-corrected chi connectivity index (χ2v) is 12.8. The van der Waals surface area contributed by atoms with Crippen LogP contribution < -0.4 is 9.64 Å². The lowest BCUT2D eigenvalue weighted by atomic mass is 10.1. The molecule has 3 aromatic carbocycles. The molecule has 0 spiro atoms. The molecule has 2 heterocycles. The van der Waals surface area contributed by atoms with Gasteiger partial charge in [0.2, 0.25) is 0 Å². The standard InChI is InChI=1S/C32H30F5N3O3S2/c1-19-15-24(8-10-28(19)43-20(2)31(41)42)44-18-29-26(38-30(45-29)21-3-5-22(6-4-21)32(35,36)37)17-39-11-13-40(14-12-39)27-9-7-23(33)16-25(27)34/h3-10,15-16,20H,11-14,17-18H2,1-2H3,(H,41,42). The molecule has 1 N–H and O–H groups in total. The lowest BCUT2D eigenvalue weighted by Crippen LogP contribution is -2.46. The molecular weight excluding hydrogens is 633 g/mol. The summed E-state index contributed by atoms with van der Waals surface area (Å²) in [6, 6.07) is 14.0. The van der Waals surface area contributed by atoms with Gasteiger partial charge in [0.15, 0.2) is 6.10 Å². The average Bonchev–Trinajstić information content (AvgIpc) is 3.39. The minimum absolute atomic E-state index is 0.357. The molecule has 5 rings (SSSR count). The van der Waals surface area contributed by atoms with Crippen LogP contribution >= 0.6 is 23.1 Å². The molecule has 1 saturated heterocycles. The number of aromatic nitrogens is 1. The first-order valence-electron chi connectivity index (χ1n) is 14.1. The van der Waals surface area contributed by atoms with Gasteiger partial charge in [0.25, 0.3) is 0 Å². The number of benzene rings is 3. The van der Waals surface area contributed by atoms with Crippen molar-refractivity contribution in [1.82, 2.24) is 9.88 Å². The van der Waals surface area contributed by atoms with Gasteiger partial charge in [-0.1, -0.05) is 12.1 Å². The van der Waals surface area contributed by atoms with Gasteiger partial charge in [-0.2, -0.15) is 13.2 Å². The molecule has 1 aromatic heterocycles. The van der Waals surface area contributed by atoms with Crippen LogP contribution in [0.2, 0.25) is 0 Å². The van der Waals surface area contributed by atoms with E-state index in [2.05, 4.69) is 4.90 Å². The highest BCUT2D eigenvalue weighted by Crippen LogP contribution is 2.37. The highest BCUT2D eigenvalue weighted by molar-refractivity contribution is 7.98. The smallest absolute Gasteiger partial charge is 0.416 e. The van der Waals surface area contributed by atoms with Crippen LogP contribution in [0, 0.1) is 18.6 Å². The lowest BCUT2D eigenvalue weighted by molar-refractivity contribution is -0.144. The zero-order valence-corrected chi connectivity index (χ0v) is 26.0. The second-order valence-electron chi connectivity index (χ2n) is 10.6. The first kappa shape index (κ1) is 32.7. The lowest BCUT2D eigenvalue weighted by Gasteiger charge is -2.36. The normalized spacial score (nSPS) is 14.9. The molecule has 0 saturated carbocycles. The predicted octanol–water partition coefficient (Wildman–Crippen LogP) is 7.88. The summed E-state index contributed by atoms with van der Waals surface area (Å²) in [6.45, 7) is 6.12. The van der Waals surface area contributed by atoms with Crippen molar-refractivity contribution in [3.05, 3.63) is 94.0 Å². The summed E-state index contributed by atoms with van der Waals surface area (Å²) in [5.74, 6) is -1.25. The fourth-order valence-electron chi connectivity index (χ4n) is 4.87. The Kier molecular flexibility index (Phi) is 10.00. The van der Waals surface area contributed by atoms with Crippen molar-refractivity contribution in [3.8, 4) is 16.3 Å². The number of hydrogen-bond donors (Lipinski definition) is 1. The third-order valence-electron chi connectivity index (χ3n) is 7.40. The van der Waals surface area contributed by atoms with Gasteiger partial charge in [-0.25, -0.2) is 18.6 Å². The number of rotatable bonds is 10. The van der Waals surface area contributed by atoms with Crippen molar-refractivity contribution in [2.45, 2.75) is 43.3 Å². The van der Waals surface area contributed by atoms with E-state index >= 15 is 0 Å². The molecule has 45 heavy (non-hydrogen) atoms. The van der Waals surface area contributed by atoms with Crippen LogP contribution in [-0.2, 0) is 23.3 Å². The summed E-state index contributed by atoms with van der Waals surface area (Å²) in [6.07, 6.45) is -5.42. The van der Waals surface area contributed by atoms with E-state index in [1.54, 1.807) is 17.8 Å². The topological polar surface area (TPSA) is 65.9 Å². The van der Waals surface area contributed by atoms with Crippen molar-refractivity contribution in [2.75, 3.05) is 31.1 Å². The number of nitrogens with zero attached hydrogens (tertiary/aromatic N) is 3.